The van der Waals surface area contributed by atoms with Gasteiger partial charge in [0.15, 0.2) is 0 Å². The maximum absolute atomic E-state index is 10.5. The molecule has 0 atom stereocenters. The molecule has 0 aromatic heterocycles. The maximum atomic E-state index is 10.5. The number of aliphatic hydroxyl groups excluding tert-OH is 4. The van der Waals surface area contributed by atoms with Crippen LogP contribution in [-0.2, 0) is 52.1 Å². The second-order valence-corrected chi connectivity index (χ2v) is 13.7. The third-order valence-corrected chi connectivity index (χ3v) is 9.27. The van der Waals surface area contributed by atoms with E-state index in [4.69, 9.17) is 18.9 Å². The van der Waals surface area contributed by atoms with Crippen molar-refractivity contribution >= 4 is 0 Å². The van der Waals surface area contributed by atoms with E-state index < -0.39 is 0 Å². The topological polar surface area (TPSA) is 118 Å². The molecule has 8 heteroatoms. The van der Waals surface area contributed by atoms with Crippen LogP contribution in [0.1, 0.15) is 120 Å². The molecule has 4 aromatic carbocycles. The highest BCUT2D eigenvalue weighted by Gasteiger charge is 2.24. The monoisotopic (exact) mass is 712 g/mol. The predicted octanol–water partition coefficient (Wildman–Crippen LogP) is 7.49. The van der Waals surface area contributed by atoms with Crippen LogP contribution in [0.5, 0.6) is 23.0 Å². The average molecular weight is 713 g/mol. The molecule has 1 aliphatic carbocycles. The normalized spacial score (nSPS) is 12.5. The highest BCUT2D eigenvalue weighted by molar-refractivity contribution is 5.58. The fourth-order valence-corrected chi connectivity index (χ4v) is 7.10. The van der Waals surface area contributed by atoms with Gasteiger partial charge >= 0.3 is 0 Å². The van der Waals surface area contributed by atoms with Gasteiger partial charge in [-0.25, -0.2) is 0 Å². The number of hydrogen-bond donors (Lipinski definition) is 4. The van der Waals surface area contributed by atoms with Gasteiger partial charge in [-0.1, -0.05) is 27.7 Å². The van der Waals surface area contributed by atoms with Gasteiger partial charge in [0.25, 0.3) is 0 Å². The molecular weight excluding hydrogens is 656 g/mol. The Kier molecular flexibility index (Phi) is 14.4. The van der Waals surface area contributed by atoms with Crippen molar-refractivity contribution in [3.8, 4) is 23.0 Å². The molecule has 52 heavy (non-hydrogen) atoms. The van der Waals surface area contributed by atoms with Crippen molar-refractivity contribution in [3.05, 3.63) is 115 Å². The van der Waals surface area contributed by atoms with E-state index in [0.717, 1.165) is 115 Å². The van der Waals surface area contributed by atoms with Crippen molar-refractivity contribution < 1.29 is 39.4 Å². The minimum absolute atomic E-state index is 0.140. The summed E-state index contributed by atoms with van der Waals surface area (Å²) < 4.78 is 26.3. The summed E-state index contributed by atoms with van der Waals surface area (Å²) in [6.45, 7) is 9.83. The number of benzene rings is 4. The minimum atomic E-state index is -0.140. The minimum Gasteiger partial charge on any atom is -0.493 e. The summed E-state index contributed by atoms with van der Waals surface area (Å²) >= 11 is 0. The van der Waals surface area contributed by atoms with Gasteiger partial charge in [0.05, 0.1) is 52.9 Å². The van der Waals surface area contributed by atoms with Gasteiger partial charge in [-0.3, -0.25) is 0 Å². The number of fused-ring (bicyclic) bond motifs is 8. The summed E-state index contributed by atoms with van der Waals surface area (Å²) in [5.74, 6) is 3.03. The molecule has 0 radical (unpaired) electrons. The van der Waals surface area contributed by atoms with Gasteiger partial charge in [-0.15, -0.1) is 0 Å². The summed E-state index contributed by atoms with van der Waals surface area (Å²) in [7, 11) is 0. The molecule has 8 nitrogen and oxygen atoms in total. The van der Waals surface area contributed by atoms with E-state index in [-0.39, 0.29) is 26.4 Å². The smallest absolute Gasteiger partial charge is 0.126 e. The summed E-state index contributed by atoms with van der Waals surface area (Å²) in [5.41, 5.74) is 10.4. The van der Waals surface area contributed by atoms with Crippen LogP contribution in [0, 0.1) is 0 Å². The number of ether oxygens (including phenoxy) is 4. The van der Waals surface area contributed by atoms with Crippen LogP contribution >= 0.6 is 0 Å². The van der Waals surface area contributed by atoms with Crippen LogP contribution in [0.4, 0.5) is 0 Å². The molecule has 8 bridgehead atoms. The molecule has 0 aliphatic heterocycles. The second-order valence-electron chi connectivity index (χ2n) is 13.7. The summed E-state index contributed by atoms with van der Waals surface area (Å²) in [5, 5.41) is 42.1. The zero-order chi connectivity index (χ0) is 37.0. The Hall–Kier alpha value is -4.08. The van der Waals surface area contributed by atoms with Gasteiger partial charge in [0.2, 0.25) is 0 Å². The van der Waals surface area contributed by atoms with E-state index in [9.17, 15) is 20.4 Å². The molecule has 0 spiro atoms. The lowest BCUT2D eigenvalue weighted by Gasteiger charge is -2.24. The first kappa shape index (κ1) is 39.1. The van der Waals surface area contributed by atoms with Crippen LogP contribution in [0.3, 0.4) is 0 Å². The highest BCUT2D eigenvalue weighted by Crippen LogP contribution is 2.41. The molecule has 0 heterocycles. The van der Waals surface area contributed by atoms with E-state index in [1.54, 1.807) is 0 Å². The van der Waals surface area contributed by atoms with Gasteiger partial charge < -0.3 is 39.4 Å². The highest BCUT2D eigenvalue weighted by atomic mass is 16.5. The lowest BCUT2D eigenvalue weighted by atomic mass is 9.88. The van der Waals surface area contributed by atoms with Crippen molar-refractivity contribution in [2.24, 2.45) is 0 Å². The van der Waals surface area contributed by atoms with Crippen LogP contribution in [0.2, 0.25) is 0 Å². The molecule has 5 rings (SSSR count). The summed E-state index contributed by atoms with van der Waals surface area (Å²) in [6, 6.07) is 16.0. The largest absolute Gasteiger partial charge is 0.493 e. The first-order chi connectivity index (χ1) is 25.4. The predicted molar refractivity (Wildman–Crippen MR) is 204 cm³/mol. The number of aliphatic hydroxyl groups is 4. The zero-order valence-corrected chi connectivity index (χ0v) is 31.4. The molecule has 4 N–H and O–H groups in total. The average Bonchev–Trinajstić information content (AvgIpc) is 3.15. The van der Waals surface area contributed by atoms with Crippen molar-refractivity contribution in [1.29, 1.82) is 0 Å². The Bertz CT molecular complexity index is 1440. The quantitative estimate of drug-likeness (QED) is 0.0832. The van der Waals surface area contributed by atoms with Crippen molar-refractivity contribution in [1.82, 2.24) is 0 Å². The van der Waals surface area contributed by atoms with Crippen LogP contribution in [-0.4, -0.2) is 46.9 Å². The van der Waals surface area contributed by atoms with E-state index in [1.165, 1.54) is 0 Å². The number of rotatable bonds is 16. The molecule has 0 unspecified atom stereocenters. The Balaban J connectivity index is 1.89. The van der Waals surface area contributed by atoms with E-state index >= 15 is 0 Å². The van der Waals surface area contributed by atoms with E-state index in [1.807, 2.05) is 48.5 Å². The molecule has 280 valence electrons. The third-order valence-electron chi connectivity index (χ3n) is 9.27. The van der Waals surface area contributed by atoms with E-state index in [0.29, 0.717) is 52.1 Å². The Morgan fingerprint density at radius 1 is 0.346 bits per heavy atom. The molecule has 0 saturated heterocycles. The number of hydrogen-bond acceptors (Lipinski definition) is 8. The Morgan fingerprint density at radius 3 is 0.654 bits per heavy atom. The first-order valence-corrected chi connectivity index (χ1v) is 18.9. The molecular formula is C44H56O8. The molecule has 0 saturated carbocycles. The van der Waals surface area contributed by atoms with Gasteiger partial charge in [0, 0.05) is 25.7 Å². The maximum Gasteiger partial charge on any atom is 0.126 e. The second kappa shape index (κ2) is 19.1. The van der Waals surface area contributed by atoms with E-state index in [2.05, 4.69) is 27.7 Å². The molecule has 0 fully saturated rings. The van der Waals surface area contributed by atoms with Crippen LogP contribution < -0.4 is 18.9 Å². The fraction of sp³-hybridized carbons (Fsp3) is 0.455. The van der Waals surface area contributed by atoms with Gasteiger partial charge in [-0.05, 0) is 141 Å². The summed E-state index contributed by atoms with van der Waals surface area (Å²) in [4.78, 5) is 0. The third kappa shape index (κ3) is 9.28. The summed E-state index contributed by atoms with van der Waals surface area (Å²) in [6.07, 6.45) is 5.07. The standard InChI is InChI=1S/C44H56O8/c1-5-9-49-41-33-13-29(25-45)14-34(41)22-36-16-31(27-47)18-38(43(36)51-11-7-3)24-40-20-32(28-48)19-39(44(40)52-12-8-4)23-37-17-30(26-46)15-35(21-33)42(37)50-10-6-2/h13-20,45-48H,5-12,21-28H2,1-4H3. The van der Waals surface area contributed by atoms with Crippen molar-refractivity contribution in [3.63, 3.8) is 0 Å². The Morgan fingerprint density at radius 2 is 0.519 bits per heavy atom. The van der Waals surface area contributed by atoms with Crippen molar-refractivity contribution in [2.75, 3.05) is 26.4 Å². The van der Waals surface area contributed by atoms with Gasteiger partial charge in [0.1, 0.15) is 23.0 Å². The van der Waals surface area contributed by atoms with Gasteiger partial charge in [-0.2, -0.15) is 0 Å². The molecule has 4 aromatic rings. The van der Waals surface area contributed by atoms with Crippen LogP contribution in [0.15, 0.2) is 48.5 Å². The molecule has 0 amide bonds. The SMILES string of the molecule is CCCOc1c2cc(CO)cc1Cc1cc(CO)cc(c1OCCC)Cc1cc(CO)cc(c1OCCC)Cc1cc(CO)cc(c1OCCC)C2. The fourth-order valence-electron chi connectivity index (χ4n) is 7.10. The van der Waals surface area contributed by atoms with Crippen molar-refractivity contribution in [2.45, 2.75) is 105 Å². The lowest BCUT2D eigenvalue weighted by molar-refractivity contribution is 0.280. The first-order valence-electron chi connectivity index (χ1n) is 18.9. The molecule has 1 aliphatic rings. The lowest BCUT2D eigenvalue weighted by Crippen LogP contribution is -2.12. The zero-order valence-electron chi connectivity index (χ0n) is 31.4. The Labute approximate surface area is 309 Å². The van der Waals surface area contributed by atoms with Crippen LogP contribution in [0.25, 0.3) is 0 Å².